The van der Waals surface area contributed by atoms with Gasteiger partial charge in [0.2, 0.25) is 0 Å². The molecule has 1 amide bonds. The van der Waals surface area contributed by atoms with Gasteiger partial charge in [-0.25, -0.2) is 4.39 Å². The number of anilines is 1. The van der Waals surface area contributed by atoms with Crippen molar-refractivity contribution < 1.29 is 19.4 Å². The minimum absolute atomic E-state index is 0.120. The molecule has 0 spiro atoms. The molecule has 33 heavy (non-hydrogen) atoms. The van der Waals surface area contributed by atoms with Gasteiger partial charge in [0.1, 0.15) is 5.82 Å². The van der Waals surface area contributed by atoms with E-state index in [-0.39, 0.29) is 11.5 Å². The highest BCUT2D eigenvalue weighted by molar-refractivity contribution is 7.80. The van der Waals surface area contributed by atoms with Gasteiger partial charge in [0.05, 0.1) is 30.5 Å². The van der Waals surface area contributed by atoms with Crippen LogP contribution in [-0.4, -0.2) is 40.4 Å². The van der Waals surface area contributed by atoms with Gasteiger partial charge in [0.15, 0.2) is 0 Å². The predicted octanol–water partition coefficient (Wildman–Crippen LogP) is 4.20. The van der Waals surface area contributed by atoms with Crippen molar-refractivity contribution in [1.82, 2.24) is 10.3 Å². The van der Waals surface area contributed by atoms with Crippen molar-refractivity contribution in [2.45, 2.75) is 31.7 Å². The maximum atomic E-state index is 14.4. The molecule has 0 bridgehead atoms. The highest BCUT2D eigenvalue weighted by atomic mass is 32.1. The van der Waals surface area contributed by atoms with Crippen molar-refractivity contribution in [3.05, 3.63) is 83.6 Å². The molecule has 0 aliphatic rings. The molecule has 1 heterocycles. The van der Waals surface area contributed by atoms with E-state index >= 15 is 0 Å². The van der Waals surface area contributed by atoms with Crippen LogP contribution in [-0.2, 0) is 0 Å². The summed E-state index contributed by atoms with van der Waals surface area (Å²) >= 11 is 4.30. The molecule has 0 aliphatic carbocycles. The van der Waals surface area contributed by atoms with Crippen LogP contribution >= 0.6 is 12.6 Å². The Hall–Kier alpha value is -2.94. The molecule has 2 rings (SSSR count). The van der Waals surface area contributed by atoms with Crippen LogP contribution in [0, 0.1) is 11.7 Å². The zero-order valence-electron chi connectivity index (χ0n) is 19.0. The summed E-state index contributed by atoms with van der Waals surface area (Å²) in [6, 6.07) is 5.36. The number of carbonyl (C=O) groups excluding carboxylic acids is 1. The number of amides is 1. The van der Waals surface area contributed by atoms with Crippen LogP contribution in [0.15, 0.2) is 71.6 Å². The Morgan fingerprint density at radius 3 is 2.55 bits per heavy atom. The van der Waals surface area contributed by atoms with Gasteiger partial charge in [0.25, 0.3) is 5.91 Å². The second kappa shape index (κ2) is 12.3. The lowest BCUT2D eigenvalue weighted by Gasteiger charge is -2.21. The number of thiol groups is 1. The van der Waals surface area contributed by atoms with Crippen molar-refractivity contribution in [3.63, 3.8) is 0 Å². The van der Waals surface area contributed by atoms with Gasteiger partial charge in [0, 0.05) is 28.5 Å². The Labute approximate surface area is 199 Å². The smallest absolute Gasteiger partial charge is 0.255 e. The molecule has 4 N–H and O–H groups in total. The van der Waals surface area contributed by atoms with Crippen LogP contribution in [0.2, 0.25) is 0 Å². The number of hydrogen-bond acceptors (Lipinski definition) is 6. The Morgan fingerprint density at radius 1 is 1.24 bits per heavy atom. The SMILES string of the molecule is C=C(/C=C(Nc1ccncc1C(=O)NC(CO)CO)\C(=C/C)C(C)C)c1cc(S)ccc1F. The molecule has 176 valence electrons. The molecular weight excluding hydrogens is 441 g/mol. The summed E-state index contributed by atoms with van der Waals surface area (Å²) in [5.41, 5.74) is 3.02. The van der Waals surface area contributed by atoms with Crippen molar-refractivity contribution in [1.29, 1.82) is 0 Å². The first-order chi connectivity index (χ1) is 15.7. The number of aliphatic hydroxyl groups excluding tert-OH is 2. The predicted molar refractivity (Wildman–Crippen MR) is 133 cm³/mol. The number of aromatic nitrogens is 1. The molecule has 0 unspecified atom stereocenters. The number of pyridine rings is 1. The minimum atomic E-state index is -0.793. The highest BCUT2D eigenvalue weighted by Crippen LogP contribution is 2.28. The summed E-state index contributed by atoms with van der Waals surface area (Å²) in [5, 5.41) is 24.4. The standard InChI is InChI=1S/C25H30FN3O3S/c1-5-19(15(2)3)24(10-16(4)20-11-18(33)6-7-22(20)26)29-23-8-9-27-12-21(23)25(32)28-17(13-30)14-31/h5-12,15,17,30-31,33H,4,13-14H2,1-3H3,(H,27,29)(H,28,32)/b19-5-,24-10+. The number of carbonyl (C=O) groups is 1. The van der Waals surface area contributed by atoms with Crippen LogP contribution in [0.1, 0.15) is 36.7 Å². The second-order valence-corrected chi connectivity index (χ2v) is 8.24. The lowest BCUT2D eigenvalue weighted by Crippen LogP contribution is -2.40. The maximum Gasteiger partial charge on any atom is 0.255 e. The van der Waals surface area contributed by atoms with Gasteiger partial charge in [-0.1, -0.05) is 26.5 Å². The Balaban J connectivity index is 2.50. The third-order valence-electron chi connectivity index (χ3n) is 4.97. The van der Waals surface area contributed by atoms with Gasteiger partial charge in [-0.3, -0.25) is 9.78 Å². The van der Waals surface area contributed by atoms with E-state index in [2.05, 4.69) is 34.8 Å². The minimum Gasteiger partial charge on any atom is -0.394 e. The fourth-order valence-corrected chi connectivity index (χ4v) is 3.45. The Morgan fingerprint density at radius 2 is 1.94 bits per heavy atom. The summed E-state index contributed by atoms with van der Waals surface area (Å²) < 4.78 is 14.4. The van der Waals surface area contributed by atoms with Crippen molar-refractivity contribution >= 4 is 29.8 Å². The van der Waals surface area contributed by atoms with E-state index in [9.17, 15) is 19.4 Å². The van der Waals surface area contributed by atoms with Gasteiger partial charge in [-0.15, -0.1) is 12.6 Å². The number of hydrogen-bond donors (Lipinski definition) is 5. The zero-order valence-corrected chi connectivity index (χ0v) is 19.9. The topological polar surface area (TPSA) is 94.5 Å². The third-order valence-corrected chi connectivity index (χ3v) is 5.25. The fourth-order valence-electron chi connectivity index (χ4n) is 3.24. The van der Waals surface area contributed by atoms with E-state index in [0.717, 1.165) is 5.57 Å². The zero-order chi connectivity index (χ0) is 24.5. The van der Waals surface area contributed by atoms with E-state index in [1.165, 1.54) is 18.5 Å². The largest absolute Gasteiger partial charge is 0.394 e. The molecule has 8 heteroatoms. The summed E-state index contributed by atoms with van der Waals surface area (Å²) in [6.45, 7) is 9.18. The van der Waals surface area contributed by atoms with E-state index in [1.54, 1.807) is 24.3 Å². The molecule has 0 saturated heterocycles. The second-order valence-electron chi connectivity index (χ2n) is 7.73. The monoisotopic (exact) mass is 471 g/mol. The number of aliphatic hydroxyl groups is 2. The summed E-state index contributed by atoms with van der Waals surface area (Å²) in [4.78, 5) is 17.4. The first-order valence-electron chi connectivity index (χ1n) is 10.5. The van der Waals surface area contributed by atoms with Crippen molar-refractivity contribution in [2.75, 3.05) is 18.5 Å². The van der Waals surface area contributed by atoms with E-state index in [0.29, 0.717) is 27.4 Å². The van der Waals surface area contributed by atoms with Crippen LogP contribution in [0.3, 0.4) is 0 Å². The first kappa shape index (κ1) is 26.3. The molecule has 0 aliphatic heterocycles. The van der Waals surface area contributed by atoms with E-state index in [4.69, 9.17) is 0 Å². The number of halogens is 1. The fraction of sp³-hybridized carbons (Fsp3) is 0.280. The molecule has 1 aromatic heterocycles. The Bertz CT molecular complexity index is 1060. The number of benzene rings is 1. The first-order valence-corrected chi connectivity index (χ1v) is 11.0. The molecule has 1 aromatic carbocycles. The molecule has 0 atom stereocenters. The van der Waals surface area contributed by atoms with Gasteiger partial charge >= 0.3 is 0 Å². The quantitative estimate of drug-likeness (QED) is 0.264. The van der Waals surface area contributed by atoms with Gasteiger partial charge in [-0.2, -0.15) is 0 Å². The number of allylic oxidation sites excluding steroid dienone is 4. The molecule has 0 fully saturated rings. The highest BCUT2D eigenvalue weighted by Gasteiger charge is 2.18. The lowest BCUT2D eigenvalue weighted by molar-refractivity contribution is 0.0880. The van der Waals surface area contributed by atoms with Crippen molar-refractivity contribution in [3.8, 4) is 0 Å². The normalized spacial score (nSPS) is 12.3. The number of nitrogens with one attached hydrogen (secondary N) is 2. The molecule has 6 nitrogen and oxygen atoms in total. The van der Waals surface area contributed by atoms with Crippen LogP contribution < -0.4 is 10.6 Å². The average molecular weight is 472 g/mol. The summed E-state index contributed by atoms with van der Waals surface area (Å²) in [6.07, 6.45) is 6.60. The van der Waals surface area contributed by atoms with Crippen LogP contribution in [0.25, 0.3) is 5.57 Å². The van der Waals surface area contributed by atoms with Crippen LogP contribution in [0.4, 0.5) is 10.1 Å². The van der Waals surface area contributed by atoms with Crippen LogP contribution in [0.5, 0.6) is 0 Å². The molecule has 0 radical (unpaired) electrons. The maximum absolute atomic E-state index is 14.4. The van der Waals surface area contributed by atoms with Gasteiger partial charge < -0.3 is 20.8 Å². The van der Waals surface area contributed by atoms with E-state index < -0.39 is 31.0 Å². The Kier molecular flexibility index (Phi) is 9.84. The summed E-state index contributed by atoms with van der Waals surface area (Å²) in [5.74, 6) is -0.796. The third kappa shape index (κ3) is 7.02. The molecule has 2 aromatic rings. The van der Waals surface area contributed by atoms with Crippen molar-refractivity contribution in [2.24, 2.45) is 5.92 Å². The average Bonchev–Trinajstić information content (AvgIpc) is 2.79. The van der Waals surface area contributed by atoms with E-state index in [1.807, 2.05) is 26.8 Å². The molecular formula is C25H30FN3O3S. The summed E-state index contributed by atoms with van der Waals surface area (Å²) in [7, 11) is 0. The lowest BCUT2D eigenvalue weighted by atomic mass is 9.96. The number of nitrogens with zero attached hydrogens (tertiary/aromatic N) is 1. The molecule has 0 saturated carbocycles. The number of rotatable bonds is 10. The van der Waals surface area contributed by atoms with Gasteiger partial charge in [-0.05, 0) is 54.3 Å².